The van der Waals surface area contributed by atoms with Gasteiger partial charge in [-0.1, -0.05) is 58.3 Å². The largest absolute Gasteiger partial charge is 0.205 e. The Kier molecular flexibility index (Phi) is 11.2. The van der Waals surface area contributed by atoms with Crippen LogP contribution in [-0.4, -0.2) is 5.75 Å². The molecule has 0 aliphatic carbocycles. The Labute approximate surface area is 172 Å². The monoisotopic (exact) mass is 386 g/mol. The maximum atomic E-state index is 4.28. The fourth-order valence-corrected chi connectivity index (χ4v) is 3.73. The molecule has 2 rings (SSSR count). The summed E-state index contributed by atoms with van der Waals surface area (Å²) in [6.45, 7) is 4.37. The van der Waals surface area contributed by atoms with Crippen LogP contribution in [0, 0.1) is 0 Å². The van der Waals surface area contributed by atoms with E-state index in [0.29, 0.717) is 0 Å². The molecule has 0 aliphatic rings. The van der Waals surface area contributed by atoms with Crippen LogP contribution >= 0.6 is 12.6 Å². The van der Waals surface area contributed by atoms with Crippen molar-refractivity contribution in [1.29, 1.82) is 0 Å². The summed E-state index contributed by atoms with van der Waals surface area (Å²) in [5.41, 5.74) is 2.56. The molecule has 0 spiro atoms. The molecule has 2 heterocycles. The second-order valence-electron chi connectivity index (χ2n) is 7.55. The maximum Gasteiger partial charge on any atom is 0.169 e. The Bertz CT molecular complexity index is 607. The minimum absolute atomic E-state index is 0.869. The topological polar surface area (TPSA) is 7.76 Å². The van der Waals surface area contributed by atoms with E-state index < -0.39 is 0 Å². The number of pyridine rings is 2. The molecule has 0 aliphatic heterocycles. The van der Waals surface area contributed by atoms with Gasteiger partial charge in [-0.15, -0.1) is 0 Å². The summed E-state index contributed by atoms with van der Waals surface area (Å²) in [5, 5.41) is 0. The molecule has 0 bridgehead atoms. The molecule has 0 atom stereocenters. The Balaban J connectivity index is 1.61. The van der Waals surface area contributed by atoms with Crippen molar-refractivity contribution < 1.29 is 9.13 Å². The number of nitrogens with zero attached hydrogens (tertiary/aromatic N) is 2. The second kappa shape index (κ2) is 13.8. The zero-order valence-corrected chi connectivity index (χ0v) is 18.0. The minimum atomic E-state index is 0.869. The van der Waals surface area contributed by atoms with Crippen LogP contribution < -0.4 is 9.13 Å². The lowest BCUT2D eigenvalue weighted by atomic mass is 10.1. The first kappa shape index (κ1) is 21.9. The number of hydrogen-bond acceptors (Lipinski definition) is 1. The van der Waals surface area contributed by atoms with Gasteiger partial charge in [0.2, 0.25) is 0 Å². The molecule has 2 aromatic heterocycles. The van der Waals surface area contributed by atoms with Gasteiger partial charge in [0.25, 0.3) is 0 Å². The highest BCUT2D eigenvalue weighted by Gasteiger charge is 2.05. The van der Waals surface area contributed by atoms with Gasteiger partial charge in [0.15, 0.2) is 31.3 Å². The molecule has 0 amide bonds. The Morgan fingerprint density at radius 3 is 1.44 bits per heavy atom. The molecule has 0 aromatic carbocycles. The van der Waals surface area contributed by atoms with E-state index in [1.165, 1.54) is 75.3 Å². The third kappa shape index (κ3) is 8.92. The van der Waals surface area contributed by atoms with Crippen LogP contribution in [0.4, 0.5) is 0 Å². The standard InChI is InChI=1S/C24H37N2S/c1-2-3-4-5-6-7-8-9-10-11-16-25-17-12-23(13-18-25)24-14-19-26(20-15-24)21-22-27/h12-15,17-20H,2-11,16,21-22H2,1H3/q+1/p+1. The van der Waals surface area contributed by atoms with E-state index in [2.05, 4.69) is 77.7 Å². The van der Waals surface area contributed by atoms with Gasteiger partial charge < -0.3 is 0 Å². The van der Waals surface area contributed by atoms with Crippen molar-refractivity contribution in [3.8, 4) is 11.1 Å². The van der Waals surface area contributed by atoms with Gasteiger partial charge >= 0.3 is 0 Å². The Morgan fingerprint density at radius 2 is 1.00 bits per heavy atom. The second-order valence-corrected chi connectivity index (χ2v) is 8.00. The molecular weight excluding hydrogens is 348 g/mol. The Hall–Kier alpha value is -1.35. The summed E-state index contributed by atoms with van der Waals surface area (Å²) >= 11 is 4.28. The van der Waals surface area contributed by atoms with Crippen molar-refractivity contribution in [2.75, 3.05) is 5.75 Å². The molecule has 27 heavy (non-hydrogen) atoms. The summed E-state index contributed by atoms with van der Waals surface area (Å²) in [7, 11) is 0. The van der Waals surface area contributed by atoms with Gasteiger partial charge in [0.1, 0.15) is 6.54 Å². The number of thiol groups is 1. The lowest BCUT2D eigenvalue weighted by Crippen LogP contribution is -2.33. The first-order chi connectivity index (χ1) is 13.3. The molecule has 0 radical (unpaired) electrons. The highest BCUT2D eigenvalue weighted by atomic mass is 32.1. The van der Waals surface area contributed by atoms with Crippen molar-refractivity contribution in [3.05, 3.63) is 49.1 Å². The molecule has 0 saturated carbocycles. The quantitative estimate of drug-likeness (QED) is 0.239. The fourth-order valence-electron chi connectivity index (χ4n) is 3.49. The summed E-state index contributed by atoms with van der Waals surface area (Å²) in [4.78, 5) is 0. The molecule has 0 saturated heterocycles. The van der Waals surface area contributed by atoms with Crippen LogP contribution in [0.2, 0.25) is 0 Å². The minimum Gasteiger partial charge on any atom is -0.205 e. The molecule has 3 heteroatoms. The van der Waals surface area contributed by atoms with Gasteiger partial charge in [0.05, 0.1) is 0 Å². The van der Waals surface area contributed by atoms with Crippen LogP contribution in [0.25, 0.3) is 11.1 Å². The fraction of sp³-hybridized carbons (Fsp3) is 0.583. The third-order valence-electron chi connectivity index (χ3n) is 5.24. The average Bonchev–Trinajstić information content (AvgIpc) is 2.71. The number of unbranched alkanes of at least 4 members (excludes halogenated alkanes) is 9. The van der Waals surface area contributed by atoms with E-state index in [1.54, 1.807) is 0 Å². The lowest BCUT2D eigenvalue weighted by molar-refractivity contribution is -0.697. The lowest BCUT2D eigenvalue weighted by Gasteiger charge is -2.02. The first-order valence-corrected chi connectivity index (χ1v) is 11.6. The molecule has 148 valence electrons. The number of hydrogen-bond donors (Lipinski definition) is 1. The molecule has 0 unspecified atom stereocenters. The van der Waals surface area contributed by atoms with Crippen molar-refractivity contribution in [2.24, 2.45) is 0 Å². The summed E-state index contributed by atoms with van der Waals surface area (Å²) < 4.78 is 4.49. The highest BCUT2D eigenvalue weighted by molar-refractivity contribution is 7.80. The van der Waals surface area contributed by atoms with Crippen molar-refractivity contribution >= 4 is 12.6 Å². The van der Waals surface area contributed by atoms with Gasteiger partial charge in [-0.05, 0) is 17.5 Å². The van der Waals surface area contributed by atoms with E-state index in [4.69, 9.17) is 0 Å². The number of rotatable bonds is 14. The van der Waals surface area contributed by atoms with E-state index in [1.807, 2.05) is 0 Å². The third-order valence-corrected chi connectivity index (χ3v) is 5.44. The van der Waals surface area contributed by atoms with Gasteiger partial charge in [-0.25, -0.2) is 9.13 Å². The van der Waals surface area contributed by atoms with Crippen LogP contribution in [0.1, 0.15) is 71.1 Å². The van der Waals surface area contributed by atoms with Crippen molar-refractivity contribution in [3.63, 3.8) is 0 Å². The number of aryl methyl sites for hydroxylation is 2. The highest BCUT2D eigenvalue weighted by Crippen LogP contribution is 2.15. The van der Waals surface area contributed by atoms with E-state index in [-0.39, 0.29) is 0 Å². The van der Waals surface area contributed by atoms with E-state index >= 15 is 0 Å². The first-order valence-electron chi connectivity index (χ1n) is 10.9. The molecule has 0 N–H and O–H groups in total. The van der Waals surface area contributed by atoms with Crippen LogP contribution in [0.5, 0.6) is 0 Å². The Morgan fingerprint density at radius 1 is 0.593 bits per heavy atom. The summed E-state index contributed by atoms with van der Waals surface area (Å²) in [5.74, 6) is 0.869. The smallest absolute Gasteiger partial charge is 0.169 e. The van der Waals surface area contributed by atoms with Crippen LogP contribution in [-0.2, 0) is 13.1 Å². The molecule has 2 aromatic rings. The predicted octanol–water partition coefficient (Wildman–Crippen LogP) is 5.78. The predicted molar refractivity (Wildman–Crippen MR) is 118 cm³/mol. The maximum absolute atomic E-state index is 4.28. The van der Waals surface area contributed by atoms with E-state index in [0.717, 1.165) is 18.8 Å². The van der Waals surface area contributed by atoms with Gasteiger partial charge in [-0.3, -0.25) is 0 Å². The van der Waals surface area contributed by atoms with E-state index in [9.17, 15) is 0 Å². The molecular formula is C24H38N2S+2. The van der Waals surface area contributed by atoms with Crippen molar-refractivity contribution in [1.82, 2.24) is 0 Å². The van der Waals surface area contributed by atoms with Gasteiger partial charge in [-0.2, -0.15) is 12.6 Å². The average molecular weight is 387 g/mol. The number of aromatic nitrogens is 2. The zero-order chi connectivity index (χ0) is 19.2. The SMILES string of the molecule is CCCCCCCCCCCC[n+]1ccc(-c2cc[n+](CCS)cc2)cc1. The molecule has 2 nitrogen and oxygen atoms in total. The zero-order valence-electron chi connectivity index (χ0n) is 17.2. The van der Waals surface area contributed by atoms with Crippen LogP contribution in [0.15, 0.2) is 49.1 Å². The van der Waals surface area contributed by atoms with Crippen LogP contribution in [0.3, 0.4) is 0 Å². The summed E-state index contributed by atoms with van der Waals surface area (Å²) in [6, 6.07) is 8.83. The summed E-state index contributed by atoms with van der Waals surface area (Å²) in [6.07, 6.45) is 22.6. The normalized spacial score (nSPS) is 11.0. The molecule has 0 fully saturated rings. The van der Waals surface area contributed by atoms with Crippen molar-refractivity contribution in [2.45, 2.75) is 84.2 Å². The van der Waals surface area contributed by atoms with Gasteiger partial charge in [0, 0.05) is 36.4 Å².